The van der Waals surface area contributed by atoms with Gasteiger partial charge < -0.3 is 20.3 Å². The minimum absolute atomic E-state index is 0.288. The van der Waals surface area contributed by atoms with E-state index in [1.165, 1.54) is 13.3 Å². The summed E-state index contributed by atoms with van der Waals surface area (Å²) in [6.45, 7) is 3.63. The van der Waals surface area contributed by atoms with E-state index >= 15 is 0 Å². The third-order valence-corrected chi connectivity index (χ3v) is 2.64. The van der Waals surface area contributed by atoms with Gasteiger partial charge in [0.05, 0.1) is 0 Å². The van der Waals surface area contributed by atoms with Crippen molar-refractivity contribution in [2.24, 2.45) is 0 Å². The van der Waals surface area contributed by atoms with Crippen LogP contribution in [0.3, 0.4) is 0 Å². The van der Waals surface area contributed by atoms with Gasteiger partial charge in [-0.3, -0.25) is 0 Å². The highest BCUT2D eigenvalue weighted by Crippen LogP contribution is 2.12. The molecule has 0 aromatic carbocycles. The van der Waals surface area contributed by atoms with Gasteiger partial charge in [-0.15, -0.1) is 0 Å². The van der Waals surface area contributed by atoms with Crippen molar-refractivity contribution in [3.05, 3.63) is 12.2 Å². The van der Waals surface area contributed by atoms with Crippen molar-refractivity contribution in [1.82, 2.24) is 20.8 Å². The zero-order valence-corrected chi connectivity index (χ0v) is 11.0. The number of urea groups is 1. The number of nitrogens with zero attached hydrogens (tertiary/aromatic N) is 2. The predicted molar refractivity (Wildman–Crippen MR) is 65.5 cm³/mol. The molecule has 0 spiro atoms. The van der Waals surface area contributed by atoms with Gasteiger partial charge in [0.25, 0.3) is 0 Å². The van der Waals surface area contributed by atoms with Crippen LogP contribution in [0, 0.1) is 0 Å². The van der Waals surface area contributed by atoms with Crippen LogP contribution >= 0.6 is 0 Å². The zero-order valence-electron chi connectivity index (χ0n) is 11.0. The topological polar surface area (TPSA) is 117 Å². The van der Waals surface area contributed by atoms with Gasteiger partial charge in [0.15, 0.2) is 6.33 Å². The first-order valence-corrected chi connectivity index (χ1v) is 6.03. The van der Waals surface area contributed by atoms with Gasteiger partial charge in [-0.1, -0.05) is 18.5 Å². The number of aliphatic carboxylic acids is 1. The summed E-state index contributed by atoms with van der Waals surface area (Å²) in [7, 11) is 0. The summed E-state index contributed by atoms with van der Waals surface area (Å²) < 4.78 is 4.77. The lowest BCUT2D eigenvalue weighted by atomic mass is 9.97. The smallest absolute Gasteiger partial charge is 0.329 e. The second kappa shape index (κ2) is 6.72. The van der Waals surface area contributed by atoms with Crippen molar-refractivity contribution >= 4 is 12.0 Å². The van der Waals surface area contributed by atoms with Crippen molar-refractivity contribution in [3.63, 3.8) is 0 Å². The molecule has 1 atom stereocenters. The molecular formula is C11H18N4O4. The number of amides is 2. The standard InChI is InChI=1S/C11H18N4O4/c1-3-5-11(2,9(16)17)15-10(18)12-6-4-8-13-7-14-19-8/h7H,3-6H2,1-2H3,(H,16,17)(H2,12,15,18). The van der Waals surface area contributed by atoms with E-state index in [-0.39, 0.29) is 6.54 Å². The summed E-state index contributed by atoms with van der Waals surface area (Å²) >= 11 is 0. The number of carboxylic acids is 1. The maximum atomic E-state index is 11.6. The molecule has 1 unspecified atom stereocenters. The van der Waals surface area contributed by atoms with E-state index in [9.17, 15) is 9.59 Å². The number of rotatable bonds is 7. The van der Waals surface area contributed by atoms with Gasteiger partial charge >= 0.3 is 12.0 Å². The van der Waals surface area contributed by atoms with Gasteiger partial charge in [-0.05, 0) is 13.3 Å². The number of carbonyl (C=O) groups excluding carboxylic acids is 1. The number of carboxylic acid groups (broad SMARTS) is 1. The first-order valence-electron chi connectivity index (χ1n) is 6.03. The van der Waals surface area contributed by atoms with E-state index in [0.717, 1.165) is 0 Å². The predicted octanol–water partition coefficient (Wildman–Crippen LogP) is 0.555. The average molecular weight is 270 g/mol. The molecule has 1 aromatic rings. The van der Waals surface area contributed by atoms with E-state index in [0.29, 0.717) is 25.2 Å². The van der Waals surface area contributed by atoms with Crippen LogP contribution < -0.4 is 10.6 Å². The minimum Gasteiger partial charge on any atom is -0.480 e. The Hall–Kier alpha value is -2.12. The van der Waals surface area contributed by atoms with Crippen LogP contribution in [0.5, 0.6) is 0 Å². The molecule has 1 rings (SSSR count). The Balaban J connectivity index is 2.38. The number of aromatic nitrogens is 2. The summed E-state index contributed by atoms with van der Waals surface area (Å²) in [5.74, 6) is -0.642. The summed E-state index contributed by atoms with van der Waals surface area (Å²) in [6.07, 6.45) is 2.69. The van der Waals surface area contributed by atoms with E-state index < -0.39 is 17.5 Å². The van der Waals surface area contributed by atoms with Gasteiger partial charge in [-0.2, -0.15) is 4.98 Å². The fraction of sp³-hybridized carbons (Fsp3) is 0.636. The first kappa shape index (κ1) is 14.9. The monoisotopic (exact) mass is 270 g/mol. The van der Waals surface area contributed by atoms with Crippen LogP contribution in [0.4, 0.5) is 4.79 Å². The number of hydrogen-bond acceptors (Lipinski definition) is 5. The third-order valence-electron chi connectivity index (χ3n) is 2.64. The summed E-state index contributed by atoms with van der Waals surface area (Å²) in [5, 5.41) is 17.6. The Kier molecular flexibility index (Phi) is 5.28. The van der Waals surface area contributed by atoms with E-state index in [1.807, 2.05) is 6.92 Å². The first-order chi connectivity index (χ1) is 8.98. The van der Waals surface area contributed by atoms with Crippen molar-refractivity contribution in [2.75, 3.05) is 6.54 Å². The quantitative estimate of drug-likeness (QED) is 0.666. The molecule has 106 valence electrons. The fourth-order valence-corrected chi connectivity index (χ4v) is 1.61. The van der Waals surface area contributed by atoms with Crippen molar-refractivity contribution in [3.8, 4) is 0 Å². The summed E-state index contributed by atoms with van der Waals surface area (Å²) in [5.41, 5.74) is -1.26. The van der Waals surface area contributed by atoms with E-state index in [2.05, 4.69) is 20.8 Å². The molecule has 19 heavy (non-hydrogen) atoms. The third kappa shape index (κ3) is 4.57. The molecule has 0 aliphatic heterocycles. The Morgan fingerprint density at radius 1 is 1.53 bits per heavy atom. The van der Waals surface area contributed by atoms with Crippen LogP contribution in [-0.2, 0) is 11.2 Å². The molecule has 0 saturated heterocycles. The SMILES string of the molecule is CCCC(C)(NC(=O)NCCc1ncno1)C(=O)O. The van der Waals surface area contributed by atoms with Crippen molar-refractivity contribution in [2.45, 2.75) is 38.6 Å². The minimum atomic E-state index is -1.26. The number of nitrogens with one attached hydrogen (secondary N) is 2. The molecular weight excluding hydrogens is 252 g/mol. The fourth-order valence-electron chi connectivity index (χ4n) is 1.61. The molecule has 0 radical (unpaired) electrons. The van der Waals surface area contributed by atoms with E-state index in [1.54, 1.807) is 0 Å². The maximum Gasteiger partial charge on any atom is 0.329 e. The molecule has 8 heteroatoms. The van der Waals surface area contributed by atoms with Crippen LogP contribution in [0.1, 0.15) is 32.6 Å². The van der Waals surface area contributed by atoms with Crippen LogP contribution in [0.15, 0.2) is 10.9 Å². The molecule has 8 nitrogen and oxygen atoms in total. The van der Waals surface area contributed by atoms with Crippen LogP contribution in [0.2, 0.25) is 0 Å². The lowest BCUT2D eigenvalue weighted by Gasteiger charge is -2.25. The largest absolute Gasteiger partial charge is 0.480 e. The Morgan fingerprint density at radius 3 is 2.79 bits per heavy atom. The van der Waals surface area contributed by atoms with E-state index in [4.69, 9.17) is 9.63 Å². The van der Waals surface area contributed by atoms with Crippen molar-refractivity contribution < 1.29 is 19.2 Å². The summed E-state index contributed by atoms with van der Waals surface area (Å²) in [6, 6.07) is -0.530. The molecule has 0 aliphatic carbocycles. The Morgan fingerprint density at radius 2 is 2.26 bits per heavy atom. The molecule has 0 saturated carbocycles. The highest BCUT2D eigenvalue weighted by Gasteiger charge is 2.33. The second-order valence-electron chi connectivity index (χ2n) is 4.35. The van der Waals surface area contributed by atoms with Gasteiger partial charge in [0, 0.05) is 13.0 Å². The molecule has 2 amide bonds. The maximum absolute atomic E-state index is 11.6. The van der Waals surface area contributed by atoms with Crippen LogP contribution in [0.25, 0.3) is 0 Å². The molecule has 1 aromatic heterocycles. The number of carbonyl (C=O) groups is 2. The average Bonchev–Trinajstić information content (AvgIpc) is 2.82. The molecule has 1 heterocycles. The Bertz CT molecular complexity index is 420. The highest BCUT2D eigenvalue weighted by atomic mass is 16.5. The summed E-state index contributed by atoms with van der Waals surface area (Å²) in [4.78, 5) is 26.5. The normalized spacial score (nSPS) is 13.6. The molecule has 0 aliphatic rings. The molecule has 3 N–H and O–H groups in total. The van der Waals surface area contributed by atoms with Gasteiger partial charge in [0.1, 0.15) is 5.54 Å². The van der Waals surface area contributed by atoms with Gasteiger partial charge in [-0.25, -0.2) is 9.59 Å². The molecule has 0 bridgehead atoms. The number of hydrogen-bond donors (Lipinski definition) is 3. The molecule has 0 fully saturated rings. The lowest BCUT2D eigenvalue weighted by Crippen LogP contribution is -2.55. The second-order valence-corrected chi connectivity index (χ2v) is 4.35. The highest BCUT2D eigenvalue weighted by molar-refractivity contribution is 5.85. The van der Waals surface area contributed by atoms with Gasteiger partial charge in [0.2, 0.25) is 5.89 Å². The van der Waals surface area contributed by atoms with Crippen molar-refractivity contribution in [1.29, 1.82) is 0 Å². The zero-order chi connectivity index (χ0) is 14.3. The van der Waals surface area contributed by atoms with Crippen LogP contribution in [-0.4, -0.2) is 39.3 Å². The lowest BCUT2D eigenvalue weighted by molar-refractivity contribution is -0.144. The Labute approximate surface area is 110 Å².